The molecule has 1 saturated heterocycles. The molecule has 0 aliphatic carbocycles. The molecule has 126 valence electrons. The zero-order valence-electron chi connectivity index (χ0n) is 13.9. The van der Waals surface area contributed by atoms with Crippen molar-refractivity contribution in [3.8, 4) is 0 Å². The lowest BCUT2D eigenvalue weighted by molar-refractivity contribution is -0.142. The number of hydrogen-bond acceptors (Lipinski definition) is 5. The van der Waals surface area contributed by atoms with Gasteiger partial charge in [-0.15, -0.1) is 0 Å². The highest BCUT2D eigenvalue weighted by Gasteiger charge is 2.33. The van der Waals surface area contributed by atoms with E-state index < -0.39 is 11.4 Å². The van der Waals surface area contributed by atoms with Gasteiger partial charge in [-0.2, -0.15) is 0 Å². The van der Waals surface area contributed by atoms with Crippen LogP contribution in [0.15, 0.2) is 24.5 Å². The van der Waals surface area contributed by atoms with E-state index in [2.05, 4.69) is 15.8 Å². The van der Waals surface area contributed by atoms with Crippen molar-refractivity contribution in [2.45, 2.75) is 50.7 Å². The van der Waals surface area contributed by atoms with Gasteiger partial charge in [0.2, 0.25) is 11.8 Å². The number of amides is 2. The molecule has 4 N–H and O–H groups in total. The topological polar surface area (TPSA) is 100 Å². The van der Waals surface area contributed by atoms with Gasteiger partial charge in [0, 0.05) is 37.9 Å². The van der Waals surface area contributed by atoms with Crippen molar-refractivity contribution >= 4 is 11.8 Å². The molecule has 1 aliphatic heterocycles. The Balaban J connectivity index is 1.83. The number of primary amides is 1. The molecule has 1 aliphatic rings. The summed E-state index contributed by atoms with van der Waals surface area (Å²) in [5.74, 6) is -0.592. The molecule has 0 bridgehead atoms. The van der Waals surface area contributed by atoms with Gasteiger partial charge in [-0.3, -0.25) is 20.0 Å². The number of likely N-dealkylation sites (N-methyl/N-ethyl adjacent to an activating group) is 1. The van der Waals surface area contributed by atoms with Gasteiger partial charge in [0.25, 0.3) is 0 Å². The van der Waals surface area contributed by atoms with Crippen LogP contribution >= 0.6 is 0 Å². The quantitative estimate of drug-likeness (QED) is 0.708. The zero-order chi connectivity index (χ0) is 17.0. The third-order valence-corrected chi connectivity index (χ3v) is 4.59. The molecule has 1 aromatic rings. The Labute approximate surface area is 136 Å². The van der Waals surface area contributed by atoms with Gasteiger partial charge in [-0.05, 0) is 38.3 Å². The van der Waals surface area contributed by atoms with Crippen LogP contribution < -0.4 is 16.6 Å². The number of pyridine rings is 1. The normalized spacial score (nSPS) is 21.2. The number of hydrazine groups is 1. The molecular formula is C16H25N5O2. The van der Waals surface area contributed by atoms with Gasteiger partial charge < -0.3 is 10.6 Å². The van der Waals surface area contributed by atoms with E-state index in [1.165, 1.54) is 4.90 Å². The van der Waals surface area contributed by atoms with Crippen LogP contribution in [0.3, 0.4) is 0 Å². The second kappa shape index (κ2) is 7.06. The Bertz CT molecular complexity index is 561. The first-order valence-electron chi connectivity index (χ1n) is 7.80. The van der Waals surface area contributed by atoms with E-state index in [1.807, 2.05) is 18.3 Å². The van der Waals surface area contributed by atoms with Crippen molar-refractivity contribution in [3.63, 3.8) is 0 Å². The van der Waals surface area contributed by atoms with Gasteiger partial charge >= 0.3 is 0 Å². The summed E-state index contributed by atoms with van der Waals surface area (Å²) in [5.41, 5.74) is 12.0. The summed E-state index contributed by atoms with van der Waals surface area (Å²) in [5, 5.41) is 0. The number of carbonyl (C=O) groups excluding carboxylic acids is 2. The predicted molar refractivity (Wildman–Crippen MR) is 86.9 cm³/mol. The van der Waals surface area contributed by atoms with Crippen LogP contribution in [-0.2, 0) is 9.59 Å². The molecule has 0 aromatic carbocycles. The first-order valence-corrected chi connectivity index (χ1v) is 7.80. The van der Waals surface area contributed by atoms with E-state index in [-0.39, 0.29) is 18.0 Å². The van der Waals surface area contributed by atoms with E-state index in [4.69, 9.17) is 5.73 Å². The van der Waals surface area contributed by atoms with E-state index in [0.717, 1.165) is 12.0 Å². The largest absolute Gasteiger partial charge is 0.368 e. The maximum absolute atomic E-state index is 12.3. The summed E-state index contributed by atoms with van der Waals surface area (Å²) in [4.78, 5) is 29.2. The van der Waals surface area contributed by atoms with E-state index in [9.17, 15) is 9.59 Å². The number of rotatable bonds is 6. The summed E-state index contributed by atoms with van der Waals surface area (Å²) in [7, 11) is 1.62. The highest BCUT2D eigenvalue weighted by molar-refractivity contribution is 5.89. The van der Waals surface area contributed by atoms with Crippen molar-refractivity contribution in [2.24, 2.45) is 5.73 Å². The van der Waals surface area contributed by atoms with E-state index in [1.54, 1.807) is 27.1 Å². The molecule has 7 heteroatoms. The van der Waals surface area contributed by atoms with Gasteiger partial charge in [-0.1, -0.05) is 6.07 Å². The summed E-state index contributed by atoms with van der Waals surface area (Å²) in [6, 6.07) is 4.34. The lowest BCUT2D eigenvalue weighted by Crippen LogP contribution is -2.53. The summed E-state index contributed by atoms with van der Waals surface area (Å²) < 4.78 is 0. The van der Waals surface area contributed by atoms with Crippen LogP contribution in [0.5, 0.6) is 0 Å². The lowest BCUT2D eigenvalue weighted by atomic mass is 9.99. The lowest BCUT2D eigenvalue weighted by Gasteiger charge is -2.32. The number of nitrogens with two attached hydrogens (primary N) is 1. The second-order valence-corrected chi connectivity index (χ2v) is 6.47. The number of nitrogens with one attached hydrogen (secondary N) is 2. The fourth-order valence-electron chi connectivity index (χ4n) is 2.55. The highest BCUT2D eigenvalue weighted by Crippen LogP contribution is 2.24. The fourth-order valence-corrected chi connectivity index (χ4v) is 2.55. The number of hydrogen-bond donors (Lipinski definition) is 3. The van der Waals surface area contributed by atoms with E-state index >= 15 is 0 Å². The number of aromatic nitrogens is 1. The number of nitrogens with zero attached hydrogens (tertiary/aromatic N) is 2. The van der Waals surface area contributed by atoms with E-state index in [0.29, 0.717) is 12.8 Å². The minimum absolute atomic E-state index is 0.0829. The number of carbonyl (C=O) groups is 2. The molecule has 7 nitrogen and oxygen atoms in total. The fraction of sp³-hybridized carbons (Fsp3) is 0.562. The molecule has 2 heterocycles. The van der Waals surface area contributed by atoms with Crippen LogP contribution in [-0.4, -0.2) is 40.3 Å². The molecule has 23 heavy (non-hydrogen) atoms. The van der Waals surface area contributed by atoms with Crippen molar-refractivity contribution in [3.05, 3.63) is 30.1 Å². The average Bonchev–Trinajstić information content (AvgIpc) is 3.01. The SMILES string of the molecule is CN(C(=O)CCC1CC(c2cccnc2)NN1)C(C)(C)C(N)=O. The predicted octanol–water partition coefficient (Wildman–Crippen LogP) is 0.492. The summed E-state index contributed by atoms with van der Waals surface area (Å²) in [6.07, 6.45) is 5.55. The Morgan fingerprint density at radius 3 is 2.78 bits per heavy atom. The average molecular weight is 319 g/mol. The van der Waals surface area contributed by atoms with Crippen LogP contribution in [0.2, 0.25) is 0 Å². The van der Waals surface area contributed by atoms with Crippen LogP contribution in [0, 0.1) is 0 Å². The minimum atomic E-state index is -0.976. The maximum Gasteiger partial charge on any atom is 0.242 e. The maximum atomic E-state index is 12.3. The molecule has 2 rings (SSSR count). The van der Waals surface area contributed by atoms with Crippen molar-refractivity contribution in [1.82, 2.24) is 20.7 Å². The van der Waals surface area contributed by atoms with Crippen molar-refractivity contribution in [1.29, 1.82) is 0 Å². The van der Waals surface area contributed by atoms with Crippen LogP contribution in [0.4, 0.5) is 0 Å². The smallest absolute Gasteiger partial charge is 0.242 e. The first-order chi connectivity index (χ1) is 10.8. The molecule has 1 aromatic heterocycles. The van der Waals surface area contributed by atoms with Gasteiger partial charge in [0.1, 0.15) is 5.54 Å². The molecule has 0 spiro atoms. The molecule has 2 atom stereocenters. The first kappa shape index (κ1) is 17.4. The molecular weight excluding hydrogens is 294 g/mol. The monoisotopic (exact) mass is 319 g/mol. The molecule has 0 saturated carbocycles. The molecule has 2 unspecified atom stereocenters. The summed E-state index contributed by atoms with van der Waals surface area (Å²) in [6.45, 7) is 3.31. The zero-order valence-corrected chi connectivity index (χ0v) is 13.9. The Morgan fingerprint density at radius 1 is 1.43 bits per heavy atom. The molecule has 2 amide bonds. The summed E-state index contributed by atoms with van der Waals surface area (Å²) >= 11 is 0. The molecule has 0 radical (unpaired) electrons. The van der Waals surface area contributed by atoms with Crippen LogP contribution in [0.25, 0.3) is 0 Å². The van der Waals surface area contributed by atoms with Crippen molar-refractivity contribution in [2.75, 3.05) is 7.05 Å². The molecule has 1 fully saturated rings. The minimum Gasteiger partial charge on any atom is -0.368 e. The van der Waals surface area contributed by atoms with Gasteiger partial charge in [-0.25, -0.2) is 5.43 Å². The van der Waals surface area contributed by atoms with Crippen molar-refractivity contribution < 1.29 is 9.59 Å². The van der Waals surface area contributed by atoms with Gasteiger partial charge in [0.15, 0.2) is 0 Å². The third kappa shape index (κ3) is 4.05. The van der Waals surface area contributed by atoms with Crippen LogP contribution in [0.1, 0.15) is 44.7 Å². The standard InChI is InChI=1S/C16H25N5O2/c1-16(2,15(17)23)21(3)14(22)7-6-12-9-13(20-19-12)11-5-4-8-18-10-11/h4-5,8,10,12-13,19-20H,6-7,9H2,1-3H3,(H2,17,23). The highest BCUT2D eigenvalue weighted by atomic mass is 16.2. The third-order valence-electron chi connectivity index (χ3n) is 4.59. The Hall–Kier alpha value is -1.99. The second-order valence-electron chi connectivity index (χ2n) is 6.47. The Morgan fingerprint density at radius 2 is 2.17 bits per heavy atom. The van der Waals surface area contributed by atoms with Gasteiger partial charge in [0.05, 0.1) is 0 Å². The Kier molecular flexibility index (Phi) is 5.33.